The summed E-state index contributed by atoms with van der Waals surface area (Å²) < 4.78 is 5.35. The van der Waals surface area contributed by atoms with Crippen molar-refractivity contribution in [3.63, 3.8) is 0 Å². The number of halogens is 1. The lowest BCUT2D eigenvalue weighted by Gasteiger charge is -2.12. The van der Waals surface area contributed by atoms with E-state index in [-0.39, 0.29) is 21.4 Å². The van der Waals surface area contributed by atoms with E-state index in [0.29, 0.717) is 17.9 Å². The largest absolute Gasteiger partial charge is 0.494 e. The fraction of sp³-hybridized carbons (Fsp3) is 0.118. The van der Waals surface area contributed by atoms with Crippen LogP contribution in [0.15, 0.2) is 42.5 Å². The molecule has 0 saturated heterocycles. The minimum atomic E-state index is -1.09. The van der Waals surface area contributed by atoms with E-state index < -0.39 is 11.9 Å². The maximum absolute atomic E-state index is 12.2. The molecule has 2 rings (SSSR count). The van der Waals surface area contributed by atoms with Gasteiger partial charge in [0.05, 0.1) is 22.9 Å². The molecular formula is C17H15ClN2O4S. The van der Waals surface area contributed by atoms with E-state index in [4.69, 9.17) is 33.7 Å². The third-order valence-electron chi connectivity index (χ3n) is 3.10. The molecule has 1 amide bonds. The summed E-state index contributed by atoms with van der Waals surface area (Å²) in [5.74, 6) is -0.946. The number of benzene rings is 2. The first-order valence-electron chi connectivity index (χ1n) is 7.28. The van der Waals surface area contributed by atoms with E-state index in [2.05, 4.69) is 10.6 Å². The zero-order valence-electron chi connectivity index (χ0n) is 13.2. The van der Waals surface area contributed by atoms with Gasteiger partial charge in [-0.05, 0) is 55.5 Å². The lowest BCUT2D eigenvalue weighted by Crippen LogP contribution is -2.34. The van der Waals surface area contributed by atoms with Gasteiger partial charge in [-0.15, -0.1) is 0 Å². The number of nitrogens with one attached hydrogen (secondary N) is 2. The summed E-state index contributed by atoms with van der Waals surface area (Å²) >= 11 is 11.1. The van der Waals surface area contributed by atoms with Crippen molar-refractivity contribution in [2.45, 2.75) is 6.92 Å². The Balaban J connectivity index is 2.07. The van der Waals surface area contributed by atoms with E-state index >= 15 is 0 Å². The molecule has 0 radical (unpaired) electrons. The molecule has 0 spiro atoms. The molecule has 0 aromatic heterocycles. The minimum Gasteiger partial charge on any atom is -0.494 e. The highest BCUT2D eigenvalue weighted by molar-refractivity contribution is 7.80. The van der Waals surface area contributed by atoms with Gasteiger partial charge in [-0.3, -0.25) is 10.1 Å². The normalized spacial score (nSPS) is 10.0. The topological polar surface area (TPSA) is 87.7 Å². The maximum Gasteiger partial charge on any atom is 0.335 e. The van der Waals surface area contributed by atoms with Crippen LogP contribution in [0.3, 0.4) is 0 Å². The van der Waals surface area contributed by atoms with E-state index in [1.807, 2.05) is 6.92 Å². The van der Waals surface area contributed by atoms with Crippen molar-refractivity contribution in [1.29, 1.82) is 0 Å². The summed E-state index contributed by atoms with van der Waals surface area (Å²) in [6.45, 7) is 2.34. The maximum atomic E-state index is 12.2. The Morgan fingerprint density at radius 2 is 1.96 bits per heavy atom. The van der Waals surface area contributed by atoms with Gasteiger partial charge in [0.15, 0.2) is 5.11 Å². The van der Waals surface area contributed by atoms with Crippen LogP contribution in [0.25, 0.3) is 0 Å². The number of amides is 1. The number of anilines is 1. The van der Waals surface area contributed by atoms with Crippen molar-refractivity contribution in [2.24, 2.45) is 0 Å². The Bertz CT molecular complexity index is 826. The first-order chi connectivity index (χ1) is 11.9. The number of carboxylic acids is 1. The molecule has 2 aromatic rings. The van der Waals surface area contributed by atoms with Gasteiger partial charge in [0.2, 0.25) is 0 Å². The molecular weight excluding hydrogens is 364 g/mol. The lowest BCUT2D eigenvalue weighted by molar-refractivity contribution is 0.0696. The third-order valence-corrected chi connectivity index (χ3v) is 3.63. The van der Waals surface area contributed by atoms with Crippen LogP contribution in [0, 0.1) is 0 Å². The molecule has 0 aliphatic rings. The Morgan fingerprint density at radius 1 is 1.20 bits per heavy atom. The van der Waals surface area contributed by atoms with Crippen LogP contribution in [0.2, 0.25) is 5.02 Å². The molecule has 0 unspecified atom stereocenters. The Hall–Kier alpha value is -2.64. The van der Waals surface area contributed by atoms with Crippen molar-refractivity contribution in [2.75, 3.05) is 11.9 Å². The number of carboxylic acid groups (broad SMARTS) is 1. The Morgan fingerprint density at radius 3 is 2.64 bits per heavy atom. The average Bonchev–Trinajstić information content (AvgIpc) is 2.57. The molecule has 2 aromatic carbocycles. The third kappa shape index (κ3) is 5.17. The van der Waals surface area contributed by atoms with Crippen molar-refractivity contribution in [1.82, 2.24) is 5.32 Å². The lowest BCUT2D eigenvalue weighted by atomic mass is 10.2. The molecule has 130 valence electrons. The molecule has 25 heavy (non-hydrogen) atoms. The zero-order valence-corrected chi connectivity index (χ0v) is 14.8. The number of carbonyl (C=O) groups excluding carboxylic acids is 1. The quantitative estimate of drug-likeness (QED) is 0.689. The van der Waals surface area contributed by atoms with Crippen molar-refractivity contribution >= 4 is 46.5 Å². The van der Waals surface area contributed by atoms with Gasteiger partial charge in [-0.1, -0.05) is 17.7 Å². The average molecular weight is 379 g/mol. The van der Waals surface area contributed by atoms with E-state index in [0.717, 1.165) is 0 Å². The van der Waals surface area contributed by atoms with Gasteiger partial charge >= 0.3 is 5.97 Å². The van der Waals surface area contributed by atoms with Gasteiger partial charge < -0.3 is 15.2 Å². The van der Waals surface area contributed by atoms with Gasteiger partial charge in [0, 0.05) is 5.56 Å². The summed E-state index contributed by atoms with van der Waals surface area (Å²) in [4.78, 5) is 23.3. The number of hydrogen-bond donors (Lipinski definition) is 3. The first-order valence-corrected chi connectivity index (χ1v) is 8.07. The standard InChI is InChI=1S/C17H15ClN2O4S/c1-2-24-12-5-3-4-10(8-12)15(21)20-17(25)19-14-9-11(16(22)23)6-7-13(14)18/h3-9H,2H2,1H3,(H,22,23)(H2,19,20,21,25). The van der Waals surface area contributed by atoms with Crippen LogP contribution in [-0.2, 0) is 0 Å². The molecule has 3 N–H and O–H groups in total. The second-order valence-corrected chi connectivity index (χ2v) is 5.68. The summed E-state index contributed by atoms with van der Waals surface area (Å²) in [5, 5.41) is 14.5. The fourth-order valence-electron chi connectivity index (χ4n) is 1.98. The van der Waals surface area contributed by atoms with Crippen LogP contribution in [0.4, 0.5) is 5.69 Å². The fourth-order valence-corrected chi connectivity index (χ4v) is 2.34. The van der Waals surface area contributed by atoms with Crippen LogP contribution >= 0.6 is 23.8 Å². The Labute approximate surface area is 154 Å². The summed E-state index contributed by atoms with van der Waals surface area (Å²) in [6.07, 6.45) is 0. The van der Waals surface area contributed by atoms with Gasteiger partial charge in [0.1, 0.15) is 5.75 Å². The second kappa shape index (κ2) is 8.46. The Kier molecular flexibility index (Phi) is 6.32. The molecule has 0 aliphatic carbocycles. The number of ether oxygens (including phenoxy) is 1. The highest BCUT2D eigenvalue weighted by atomic mass is 35.5. The SMILES string of the molecule is CCOc1cccc(C(=O)NC(=S)Nc2cc(C(=O)O)ccc2Cl)c1. The number of rotatable bonds is 5. The molecule has 0 saturated carbocycles. The number of aromatic carboxylic acids is 1. The smallest absolute Gasteiger partial charge is 0.335 e. The van der Waals surface area contributed by atoms with Crippen LogP contribution in [0.1, 0.15) is 27.6 Å². The molecule has 0 bridgehead atoms. The molecule has 0 heterocycles. The summed E-state index contributed by atoms with van der Waals surface area (Å²) in [6, 6.07) is 10.8. The predicted octanol–water partition coefficient (Wildman–Crippen LogP) is 3.56. The second-order valence-electron chi connectivity index (χ2n) is 4.87. The van der Waals surface area contributed by atoms with Crippen LogP contribution in [0.5, 0.6) is 5.75 Å². The molecule has 8 heteroatoms. The summed E-state index contributed by atoms with van der Waals surface area (Å²) in [7, 11) is 0. The molecule has 6 nitrogen and oxygen atoms in total. The molecule has 0 aliphatic heterocycles. The van der Waals surface area contributed by atoms with Crippen LogP contribution in [-0.4, -0.2) is 28.7 Å². The van der Waals surface area contributed by atoms with Gasteiger partial charge in [-0.25, -0.2) is 4.79 Å². The van der Waals surface area contributed by atoms with E-state index in [1.165, 1.54) is 18.2 Å². The van der Waals surface area contributed by atoms with Crippen LogP contribution < -0.4 is 15.4 Å². The predicted molar refractivity (Wildman–Crippen MR) is 99.7 cm³/mol. The van der Waals surface area contributed by atoms with Gasteiger partial charge in [-0.2, -0.15) is 0 Å². The number of thiocarbonyl (C=S) groups is 1. The monoisotopic (exact) mass is 378 g/mol. The minimum absolute atomic E-state index is 0.00347. The van der Waals surface area contributed by atoms with Crippen molar-refractivity contribution in [3.8, 4) is 5.75 Å². The van der Waals surface area contributed by atoms with Crippen molar-refractivity contribution < 1.29 is 19.4 Å². The first kappa shape index (κ1) is 18.7. The molecule has 0 atom stereocenters. The van der Waals surface area contributed by atoms with E-state index in [9.17, 15) is 9.59 Å². The van der Waals surface area contributed by atoms with Gasteiger partial charge in [0.25, 0.3) is 5.91 Å². The van der Waals surface area contributed by atoms with Crippen molar-refractivity contribution in [3.05, 3.63) is 58.6 Å². The number of carbonyl (C=O) groups is 2. The summed E-state index contributed by atoms with van der Waals surface area (Å²) in [5.41, 5.74) is 0.709. The molecule has 0 fully saturated rings. The highest BCUT2D eigenvalue weighted by Gasteiger charge is 2.12. The van der Waals surface area contributed by atoms with E-state index in [1.54, 1.807) is 24.3 Å². The zero-order chi connectivity index (χ0) is 18.4. The highest BCUT2D eigenvalue weighted by Crippen LogP contribution is 2.23. The number of hydrogen-bond acceptors (Lipinski definition) is 4.